The highest BCUT2D eigenvalue weighted by atomic mass is 16.7. The molecule has 0 amide bonds. The second-order valence-corrected chi connectivity index (χ2v) is 7.09. The highest BCUT2D eigenvalue weighted by molar-refractivity contribution is 6.62. The Morgan fingerprint density at radius 1 is 1.10 bits per heavy atom. The molecule has 3 rings (SSSR count). The standard InChI is InChI=1S/C16H23BN2O2/c1-11(2)19-14-8-7-13(9-12(14)10-18-19)17-20-15(3,4)16(5,6)21-17/h7-11H,1-6H3. The first kappa shape index (κ1) is 14.6. The van der Waals surface area contributed by atoms with E-state index in [0.29, 0.717) is 6.04 Å². The molecule has 5 heteroatoms. The zero-order chi connectivity index (χ0) is 15.4. The van der Waals surface area contributed by atoms with Crippen molar-refractivity contribution in [2.75, 3.05) is 0 Å². The third-order valence-electron chi connectivity index (χ3n) is 4.63. The van der Waals surface area contributed by atoms with Crippen molar-refractivity contribution in [2.24, 2.45) is 0 Å². The Morgan fingerprint density at radius 2 is 1.71 bits per heavy atom. The lowest BCUT2D eigenvalue weighted by Crippen LogP contribution is -2.41. The summed E-state index contributed by atoms with van der Waals surface area (Å²) >= 11 is 0. The first-order chi connectivity index (χ1) is 9.71. The Balaban J connectivity index is 1.96. The van der Waals surface area contributed by atoms with E-state index in [1.54, 1.807) is 0 Å². The van der Waals surface area contributed by atoms with Gasteiger partial charge < -0.3 is 9.31 Å². The smallest absolute Gasteiger partial charge is 0.399 e. The maximum Gasteiger partial charge on any atom is 0.494 e. The lowest BCUT2D eigenvalue weighted by Gasteiger charge is -2.32. The molecular weight excluding hydrogens is 263 g/mol. The predicted molar refractivity (Wildman–Crippen MR) is 85.8 cm³/mol. The lowest BCUT2D eigenvalue weighted by atomic mass is 9.79. The molecule has 1 aromatic carbocycles. The third-order valence-corrected chi connectivity index (χ3v) is 4.63. The van der Waals surface area contributed by atoms with Crippen LogP contribution in [0, 0.1) is 0 Å². The third kappa shape index (κ3) is 2.28. The SMILES string of the molecule is CC(C)n1ncc2cc(B3OC(C)(C)C(C)(C)O3)ccc21. The molecular formula is C16H23BN2O2. The Hall–Kier alpha value is -1.33. The molecule has 1 aliphatic rings. The molecule has 2 aromatic rings. The topological polar surface area (TPSA) is 36.3 Å². The van der Waals surface area contributed by atoms with Gasteiger partial charge in [0.2, 0.25) is 0 Å². The van der Waals surface area contributed by atoms with Crippen LogP contribution in [0.15, 0.2) is 24.4 Å². The predicted octanol–water partition coefficient (Wildman–Crippen LogP) is 2.92. The molecule has 1 saturated heterocycles. The van der Waals surface area contributed by atoms with E-state index < -0.39 is 0 Å². The first-order valence-corrected chi connectivity index (χ1v) is 7.54. The molecule has 0 unspecified atom stereocenters. The normalized spacial score (nSPS) is 20.6. The first-order valence-electron chi connectivity index (χ1n) is 7.54. The molecule has 21 heavy (non-hydrogen) atoms. The van der Waals surface area contributed by atoms with E-state index in [4.69, 9.17) is 9.31 Å². The summed E-state index contributed by atoms with van der Waals surface area (Å²) < 4.78 is 14.2. The van der Waals surface area contributed by atoms with Crippen LogP contribution in [0.2, 0.25) is 0 Å². The second-order valence-electron chi connectivity index (χ2n) is 7.09. The lowest BCUT2D eigenvalue weighted by molar-refractivity contribution is 0.00578. The van der Waals surface area contributed by atoms with Crippen molar-refractivity contribution in [3.05, 3.63) is 24.4 Å². The van der Waals surface area contributed by atoms with Crippen molar-refractivity contribution in [2.45, 2.75) is 58.8 Å². The summed E-state index contributed by atoms with van der Waals surface area (Å²) in [7, 11) is -0.318. The van der Waals surface area contributed by atoms with Crippen LogP contribution in [0.25, 0.3) is 10.9 Å². The quantitative estimate of drug-likeness (QED) is 0.796. The van der Waals surface area contributed by atoms with Crippen molar-refractivity contribution in [3.8, 4) is 0 Å². The summed E-state index contributed by atoms with van der Waals surface area (Å²) in [5.74, 6) is 0. The minimum atomic E-state index is -0.318. The van der Waals surface area contributed by atoms with Gasteiger partial charge in [-0.3, -0.25) is 4.68 Å². The fraction of sp³-hybridized carbons (Fsp3) is 0.562. The number of benzene rings is 1. The van der Waals surface area contributed by atoms with Gasteiger partial charge in [-0.2, -0.15) is 5.10 Å². The van der Waals surface area contributed by atoms with Gasteiger partial charge in [-0.25, -0.2) is 0 Å². The number of nitrogens with zero attached hydrogens (tertiary/aromatic N) is 2. The number of hydrogen-bond donors (Lipinski definition) is 0. The highest BCUT2D eigenvalue weighted by Crippen LogP contribution is 2.36. The second kappa shape index (κ2) is 4.58. The van der Waals surface area contributed by atoms with Gasteiger partial charge >= 0.3 is 7.12 Å². The van der Waals surface area contributed by atoms with Gasteiger partial charge in [0.25, 0.3) is 0 Å². The van der Waals surface area contributed by atoms with Crippen LogP contribution < -0.4 is 5.46 Å². The largest absolute Gasteiger partial charge is 0.494 e. The van der Waals surface area contributed by atoms with E-state index in [9.17, 15) is 0 Å². The average molecular weight is 286 g/mol. The summed E-state index contributed by atoms with van der Waals surface area (Å²) in [6.07, 6.45) is 1.91. The maximum absolute atomic E-state index is 6.10. The van der Waals surface area contributed by atoms with Crippen LogP contribution >= 0.6 is 0 Å². The van der Waals surface area contributed by atoms with Gasteiger partial charge in [-0.05, 0) is 53.1 Å². The Labute approximate surface area is 126 Å². The minimum Gasteiger partial charge on any atom is -0.399 e. The monoisotopic (exact) mass is 286 g/mol. The van der Waals surface area contributed by atoms with Gasteiger partial charge in [0.15, 0.2) is 0 Å². The van der Waals surface area contributed by atoms with Crippen molar-refractivity contribution >= 4 is 23.5 Å². The molecule has 1 aliphatic heterocycles. The molecule has 2 heterocycles. The minimum absolute atomic E-state index is 0.311. The van der Waals surface area contributed by atoms with E-state index in [1.807, 2.05) is 10.9 Å². The summed E-state index contributed by atoms with van der Waals surface area (Å²) in [5.41, 5.74) is 1.57. The van der Waals surface area contributed by atoms with Crippen LogP contribution in [0.4, 0.5) is 0 Å². The van der Waals surface area contributed by atoms with Gasteiger partial charge in [0, 0.05) is 11.4 Å². The molecule has 0 saturated carbocycles. The number of fused-ring (bicyclic) bond motifs is 1. The Kier molecular flexibility index (Phi) is 3.19. The number of rotatable bonds is 2. The van der Waals surface area contributed by atoms with Crippen LogP contribution in [0.1, 0.15) is 47.6 Å². The molecule has 0 spiro atoms. The van der Waals surface area contributed by atoms with Crippen LogP contribution in [0.3, 0.4) is 0 Å². The molecule has 0 bridgehead atoms. The van der Waals surface area contributed by atoms with Crippen molar-refractivity contribution in [1.82, 2.24) is 9.78 Å². The molecule has 4 nitrogen and oxygen atoms in total. The van der Waals surface area contributed by atoms with E-state index in [2.05, 4.69) is 64.8 Å². The van der Waals surface area contributed by atoms with E-state index in [-0.39, 0.29) is 18.3 Å². The number of hydrogen-bond acceptors (Lipinski definition) is 3. The van der Waals surface area contributed by atoms with Gasteiger partial charge in [-0.1, -0.05) is 12.1 Å². The molecule has 1 fully saturated rings. The average Bonchev–Trinajstić information content (AvgIpc) is 2.87. The summed E-state index contributed by atoms with van der Waals surface area (Å²) in [6.45, 7) is 12.6. The molecule has 1 aromatic heterocycles. The molecule has 112 valence electrons. The molecule has 0 N–H and O–H groups in total. The molecule has 0 atom stereocenters. The van der Waals surface area contributed by atoms with Crippen molar-refractivity contribution in [3.63, 3.8) is 0 Å². The van der Waals surface area contributed by atoms with Gasteiger partial charge in [0.05, 0.1) is 22.9 Å². The molecule has 0 radical (unpaired) electrons. The van der Waals surface area contributed by atoms with E-state index in [1.165, 1.54) is 0 Å². The molecule has 0 aliphatic carbocycles. The van der Waals surface area contributed by atoms with Crippen LogP contribution in [-0.4, -0.2) is 28.1 Å². The maximum atomic E-state index is 6.10. The Morgan fingerprint density at radius 3 is 2.29 bits per heavy atom. The van der Waals surface area contributed by atoms with E-state index >= 15 is 0 Å². The highest BCUT2D eigenvalue weighted by Gasteiger charge is 2.51. The van der Waals surface area contributed by atoms with Crippen LogP contribution in [0.5, 0.6) is 0 Å². The van der Waals surface area contributed by atoms with Gasteiger partial charge in [0.1, 0.15) is 0 Å². The summed E-state index contributed by atoms with van der Waals surface area (Å²) in [4.78, 5) is 0. The fourth-order valence-electron chi connectivity index (χ4n) is 2.61. The zero-order valence-corrected chi connectivity index (χ0v) is 13.7. The van der Waals surface area contributed by atoms with Crippen LogP contribution in [-0.2, 0) is 9.31 Å². The van der Waals surface area contributed by atoms with E-state index in [0.717, 1.165) is 16.4 Å². The number of aromatic nitrogens is 2. The van der Waals surface area contributed by atoms with Gasteiger partial charge in [-0.15, -0.1) is 0 Å². The summed E-state index contributed by atoms with van der Waals surface area (Å²) in [5, 5.41) is 5.58. The fourth-order valence-corrected chi connectivity index (χ4v) is 2.61. The summed E-state index contributed by atoms with van der Waals surface area (Å²) in [6, 6.07) is 6.64. The van der Waals surface area contributed by atoms with Crippen molar-refractivity contribution in [1.29, 1.82) is 0 Å². The van der Waals surface area contributed by atoms with Crippen molar-refractivity contribution < 1.29 is 9.31 Å². The Bertz CT molecular complexity index is 660. The zero-order valence-electron chi connectivity index (χ0n) is 13.7.